The van der Waals surface area contributed by atoms with Crippen LogP contribution in [-0.4, -0.2) is 23.6 Å². The molecule has 1 N–H and O–H groups in total. The number of nitrogens with one attached hydrogen (secondary N) is 1. The molecule has 0 unspecified atom stereocenters. The van der Waals surface area contributed by atoms with Crippen molar-refractivity contribution in [3.8, 4) is 0 Å². The first-order valence-electron chi connectivity index (χ1n) is 6.54. The lowest BCUT2D eigenvalue weighted by atomic mass is 9.76. The van der Waals surface area contributed by atoms with Gasteiger partial charge in [0.1, 0.15) is 0 Å². The van der Waals surface area contributed by atoms with Crippen molar-refractivity contribution in [3.63, 3.8) is 0 Å². The normalized spacial score (nSPS) is 23.8. The Morgan fingerprint density at radius 1 is 1.28 bits per heavy atom. The van der Waals surface area contributed by atoms with Crippen molar-refractivity contribution in [2.75, 3.05) is 12.8 Å². The fraction of sp³-hybridized carbons (Fsp3) is 0.600. The zero-order valence-electron chi connectivity index (χ0n) is 11.4. The van der Waals surface area contributed by atoms with Gasteiger partial charge in [0.2, 0.25) is 0 Å². The van der Waals surface area contributed by atoms with Gasteiger partial charge in [-0.2, -0.15) is 11.8 Å². The van der Waals surface area contributed by atoms with Crippen molar-refractivity contribution in [3.05, 3.63) is 34.3 Å². The third kappa shape index (κ3) is 3.75. The molecule has 0 spiro atoms. The monoisotopic (exact) mass is 327 g/mol. The molecule has 1 aliphatic carbocycles. The summed E-state index contributed by atoms with van der Waals surface area (Å²) in [4.78, 5) is 0. The van der Waals surface area contributed by atoms with Gasteiger partial charge in [-0.25, -0.2) is 0 Å². The fourth-order valence-corrected chi connectivity index (χ4v) is 2.75. The highest BCUT2D eigenvalue weighted by atomic mass is 79.9. The Kier molecular flexibility index (Phi) is 4.79. The van der Waals surface area contributed by atoms with Crippen LogP contribution in [0.3, 0.4) is 0 Å². The van der Waals surface area contributed by atoms with Gasteiger partial charge in [0.05, 0.1) is 0 Å². The van der Waals surface area contributed by atoms with E-state index in [1.807, 2.05) is 11.8 Å². The van der Waals surface area contributed by atoms with Gasteiger partial charge in [-0.1, -0.05) is 28.1 Å². The first-order chi connectivity index (χ1) is 8.50. The standard InChI is InChI=1S/C15H22BrNS/c1-15(2,18-3)10-17-14-8-12(9-14)11-4-6-13(16)7-5-11/h4-7,12,14,17H,8-10H2,1-3H3. The van der Waals surface area contributed by atoms with E-state index in [1.165, 1.54) is 22.9 Å². The summed E-state index contributed by atoms with van der Waals surface area (Å²) in [7, 11) is 0. The van der Waals surface area contributed by atoms with Crippen molar-refractivity contribution in [2.45, 2.75) is 43.4 Å². The lowest BCUT2D eigenvalue weighted by Crippen LogP contribution is -2.45. The number of benzene rings is 1. The van der Waals surface area contributed by atoms with E-state index < -0.39 is 0 Å². The highest BCUT2D eigenvalue weighted by Gasteiger charge is 2.31. The molecule has 100 valence electrons. The molecule has 0 bridgehead atoms. The van der Waals surface area contributed by atoms with E-state index in [1.54, 1.807) is 0 Å². The lowest BCUT2D eigenvalue weighted by Gasteiger charge is -2.38. The summed E-state index contributed by atoms with van der Waals surface area (Å²) in [5, 5.41) is 3.69. The number of hydrogen-bond donors (Lipinski definition) is 1. The van der Waals surface area contributed by atoms with Gasteiger partial charge >= 0.3 is 0 Å². The molecule has 1 fully saturated rings. The van der Waals surface area contributed by atoms with E-state index in [2.05, 4.69) is 65.6 Å². The molecule has 0 heterocycles. The van der Waals surface area contributed by atoms with Crippen LogP contribution in [0.5, 0.6) is 0 Å². The molecule has 0 atom stereocenters. The second-order valence-electron chi connectivity index (χ2n) is 5.76. The van der Waals surface area contributed by atoms with Gasteiger partial charge in [0.25, 0.3) is 0 Å². The zero-order valence-corrected chi connectivity index (χ0v) is 13.8. The third-order valence-electron chi connectivity index (χ3n) is 3.85. The molecule has 1 nitrogen and oxygen atoms in total. The van der Waals surface area contributed by atoms with Gasteiger partial charge in [-0.3, -0.25) is 0 Å². The number of thioether (sulfide) groups is 1. The Morgan fingerprint density at radius 2 is 1.89 bits per heavy atom. The van der Waals surface area contributed by atoms with Gasteiger partial charge < -0.3 is 5.32 Å². The van der Waals surface area contributed by atoms with Crippen molar-refractivity contribution in [1.82, 2.24) is 5.32 Å². The lowest BCUT2D eigenvalue weighted by molar-refractivity contribution is 0.286. The molecule has 0 aliphatic heterocycles. The molecule has 0 radical (unpaired) electrons. The fourth-order valence-electron chi connectivity index (χ4n) is 2.25. The Balaban J connectivity index is 1.75. The van der Waals surface area contributed by atoms with Crippen LogP contribution < -0.4 is 5.32 Å². The van der Waals surface area contributed by atoms with Crippen LogP contribution >= 0.6 is 27.7 Å². The number of rotatable bonds is 5. The summed E-state index contributed by atoms with van der Waals surface area (Å²) >= 11 is 5.42. The van der Waals surface area contributed by atoms with E-state index >= 15 is 0 Å². The van der Waals surface area contributed by atoms with Crippen LogP contribution in [0.4, 0.5) is 0 Å². The maximum atomic E-state index is 3.69. The predicted molar refractivity (Wildman–Crippen MR) is 85.5 cm³/mol. The maximum Gasteiger partial charge on any atom is 0.0225 e. The van der Waals surface area contributed by atoms with Gasteiger partial charge in [0, 0.05) is 21.8 Å². The van der Waals surface area contributed by atoms with E-state index in [0.717, 1.165) is 12.5 Å². The maximum absolute atomic E-state index is 3.69. The van der Waals surface area contributed by atoms with Crippen molar-refractivity contribution < 1.29 is 0 Å². The van der Waals surface area contributed by atoms with E-state index in [-0.39, 0.29) is 0 Å². The summed E-state index contributed by atoms with van der Waals surface area (Å²) in [6.07, 6.45) is 4.76. The number of hydrogen-bond acceptors (Lipinski definition) is 2. The Labute approximate surface area is 123 Å². The highest BCUT2D eigenvalue weighted by molar-refractivity contribution is 9.10. The predicted octanol–water partition coefficient (Wildman–Crippen LogP) is 4.43. The molecule has 0 aromatic heterocycles. The molecule has 0 amide bonds. The SMILES string of the molecule is CSC(C)(C)CNC1CC(c2ccc(Br)cc2)C1. The Hall–Kier alpha value is 0.01000. The quantitative estimate of drug-likeness (QED) is 0.858. The largest absolute Gasteiger partial charge is 0.313 e. The van der Waals surface area contributed by atoms with Gasteiger partial charge in [-0.15, -0.1) is 0 Å². The average molecular weight is 328 g/mol. The summed E-state index contributed by atoms with van der Waals surface area (Å²) in [5.74, 6) is 0.757. The Morgan fingerprint density at radius 3 is 2.44 bits per heavy atom. The minimum Gasteiger partial charge on any atom is -0.313 e. The molecule has 1 saturated carbocycles. The first kappa shape index (κ1) is 14.4. The summed E-state index contributed by atoms with van der Waals surface area (Å²) in [6.45, 7) is 5.71. The first-order valence-corrected chi connectivity index (χ1v) is 8.56. The van der Waals surface area contributed by atoms with Gasteiger partial charge in [0.15, 0.2) is 0 Å². The van der Waals surface area contributed by atoms with Crippen molar-refractivity contribution >= 4 is 27.7 Å². The summed E-state index contributed by atoms with van der Waals surface area (Å²) < 4.78 is 1.52. The topological polar surface area (TPSA) is 12.0 Å². The molecule has 18 heavy (non-hydrogen) atoms. The van der Waals surface area contributed by atoms with Crippen LogP contribution in [0.1, 0.15) is 38.2 Å². The van der Waals surface area contributed by atoms with E-state index in [9.17, 15) is 0 Å². The molecule has 1 aliphatic rings. The third-order valence-corrected chi connectivity index (χ3v) is 5.63. The molecular formula is C15H22BrNS. The van der Waals surface area contributed by atoms with Crippen molar-refractivity contribution in [2.24, 2.45) is 0 Å². The molecule has 0 saturated heterocycles. The van der Waals surface area contributed by atoms with Gasteiger partial charge in [-0.05, 0) is 56.6 Å². The second kappa shape index (κ2) is 5.98. The smallest absolute Gasteiger partial charge is 0.0225 e. The molecular weight excluding hydrogens is 306 g/mol. The Bertz CT molecular complexity index is 382. The van der Waals surface area contributed by atoms with E-state index in [0.29, 0.717) is 10.8 Å². The van der Waals surface area contributed by atoms with Crippen LogP contribution in [0, 0.1) is 0 Å². The summed E-state index contributed by atoms with van der Waals surface area (Å²) in [6, 6.07) is 9.50. The van der Waals surface area contributed by atoms with Crippen LogP contribution in [0.2, 0.25) is 0 Å². The molecule has 1 aromatic carbocycles. The number of halogens is 1. The molecule has 2 rings (SSSR count). The summed E-state index contributed by atoms with van der Waals surface area (Å²) in [5.41, 5.74) is 1.49. The average Bonchev–Trinajstić information content (AvgIpc) is 2.29. The van der Waals surface area contributed by atoms with Crippen molar-refractivity contribution in [1.29, 1.82) is 0 Å². The minimum absolute atomic E-state index is 0.350. The van der Waals surface area contributed by atoms with Crippen LogP contribution in [0.25, 0.3) is 0 Å². The molecule has 3 heteroatoms. The highest BCUT2D eigenvalue weighted by Crippen LogP contribution is 2.37. The second-order valence-corrected chi connectivity index (χ2v) is 8.19. The van der Waals surface area contributed by atoms with Crippen LogP contribution in [-0.2, 0) is 0 Å². The van der Waals surface area contributed by atoms with Crippen LogP contribution in [0.15, 0.2) is 28.7 Å². The minimum atomic E-state index is 0.350. The molecule has 1 aromatic rings. The van der Waals surface area contributed by atoms with E-state index in [4.69, 9.17) is 0 Å². The zero-order chi connectivity index (χ0) is 13.2.